The van der Waals surface area contributed by atoms with Crippen molar-refractivity contribution in [3.8, 4) is 11.5 Å². The van der Waals surface area contributed by atoms with Gasteiger partial charge in [-0.15, -0.1) is 5.10 Å². The first-order valence-electron chi connectivity index (χ1n) is 7.57. The molecule has 0 saturated carbocycles. The van der Waals surface area contributed by atoms with Gasteiger partial charge in [-0.2, -0.15) is 0 Å². The SMILES string of the molecule is c1ccc2c(c1)Oc1ccccc1C2n1nnc2ccccc21. The van der Waals surface area contributed by atoms with Crippen LogP contribution in [0.5, 0.6) is 11.5 Å². The normalized spacial score (nSPS) is 13.4. The molecule has 4 nitrogen and oxygen atoms in total. The summed E-state index contributed by atoms with van der Waals surface area (Å²) in [6.07, 6.45) is 0. The van der Waals surface area contributed by atoms with Crippen molar-refractivity contribution in [2.24, 2.45) is 0 Å². The van der Waals surface area contributed by atoms with E-state index in [0.717, 1.165) is 33.7 Å². The van der Waals surface area contributed by atoms with Gasteiger partial charge in [-0.1, -0.05) is 53.7 Å². The number of aromatic nitrogens is 3. The summed E-state index contributed by atoms with van der Waals surface area (Å²) >= 11 is 0. The lowest BCUT2D eigenvalue weighted by atomic mass is 9.94. The fraction of sp³-hybridized carbons (Fsp3) is 0.0526. The van der Waals surface area contributed by atoms with Crippen LogP contribution in [0.15, 0.2) is 72.8 Å². The number of ether oxygens (including phenoxy) is 1. The van der Waals surface area contributed by atoms with Crippen LogP contribution in [0.1, 0.15) is 17.2 Å². The zero-order valence-electron chi connectivity index (χ0n) is 12.3. The highest BCUT2D eigenvalue weighted by Crippen LogP contribution is 2.44. The second-order valence-electron chi connectivity index (χ2n) is 5.60. The summed E-state index contributed by atoms with van der Waals surface area (Å²) in [7, 11) is 0. The Bertz CT molecular complexity index is 976. The molecule has 1 aromatic heterocycles. The number of para-hydroxylation sites is 3. The Kier molecular flexibility index (Phi) is 2.52. The fourth-order valence-electron chi connectivity index (χ4n) is 3.23. The standard InChI is InChI=1S/C19H13N3O/c1-5-11-17-13(7-1)19(14-8-2-6-12-18(14)23-17)22-16-10-4-3-9-15(16)20-21-22/h1-12,19H. The Morgan fingerprint density at radius 2 is 1.35 bits per heavy atom. The fourth-order valence-corrected chi connectivity index (χ4v) is 3.23. The van der Waals surface area contributed by atoms with Gasteiger partial charge in [-0.05, 0) is 24.3 Å². The first-order chi connectivity index (χ1) is 11.4. The monoisotopic (exact) mass is 299 g/mol. The van der Waals surface area contributed by atoms with Crippen LogP contribution in [-0.4, -0.2) is 15.0 Å². The lowest BCUT2D eigenvalue weighted by Crippen LogP contribution is -2.18. The molecular formula is C19H13N3O. The van der Waals surface area contributed by atoms with E-state index in [4.69, 9.17) is 4.74 Å². The van der Waals surface area contributed by atoms with E-state index in [-0.39, 0.29) is 6.04 Å². The topological polar surface area (TPSA) is 39.9 Å². The minimum Gasteiger partial charge on any atom is -0.457 e. The van der Waals surface area contributed by atoms with E-state index in [1.54, 1.807) is 0 Å². The highest BCUT2D eigenvalue weighted by Gasteiger charge is 2.29. The van der Waals surface area contributed by atoms with Gasteiger partial charge in [0.15, 0.2) is 0 Å². The summed E-state index contributed by atoms with van der Waals surface area (Å²) < 4.78 is 8.04. The van der Waals surface area contributed by atoms with E-state index in [2.05, 4.69) is 28.5 Å². The summed E-state index contributed by atoms with van der Waals surface area (Å²) in [6, 6.07) is 24.2. The second kappa shape index (κ2) is 4.68. The third kappa shape index (κ3) is 1.78. The summed E-state index contributed by atoms with van der Waals surface area (Å²) in [6.45, 7) is 0. The maximum atomic E-state index is 6.06. The van der Waals surface area contributed by atoms with Crippen LogP contribution in [0.25, 0.3) is 11.0 Å². The predicted octanol–water partition coefficient (Wildman–Crippen LogP) is 4.17. The number of benzene rings is 3. The third-order valence-corrected chi connectivity index (χ3v) is 4.27. The molecule has 23 heavy (non-hydrogen) atoms. The van der Waals surface area contributed by atoms with Crippen LogP contribution in [-0.2, 0) is 0 Å². The molecule has 0 saturated heterocycles. The van der Waals surface area contributed by atoms with Gasteiger partial charge >= 0.3 is 0 Å². The molecular weight excluding hydrogens is 286 g/mol. The Labute approximate surface area is 132 Å². The Hall–Kier alpha value is -3.14. The molecule has 0 aliphatic carbocycles. The van der Waals surface area contributed by atoms with Gasteiger partial charge in [-0.25, -0.2) is 4.68 Å². The number of nitrogens with zero attached hydrogens (tertiary/aromatic N) is 3. The van der Waals surface area contributed by atoms with Crippen LogP contribution in [0.4, 0.5) is 0 Å². The van der Waals surface area contributed by atoms with Crippen molar-refractivity contribution < 1.29 is 4.74 Å². The third-order valence-electron chi connectivity index (χ3n) is 4.27. The van der Waals surface area contributed by atoms with Crippen molar-refractivity contribution in [3.63, 3.8) is 0 Å². The van der Waals surface area contributed by atoms with Gasteiger partial charge in [0.25, 0.3) is 0 Å². The zero-order valence-corrected chi connectivity index (χ0v) is 12.3. The van der Waals surface area contributed by atoms with E-state index in [1.165, 1.54) is 0 Å². The zero-order chi connectivity index (χ0) is 15.2. The molecule has 0 amide bonds. The van der Waals surface area contributed by atoms with Crippen LogP contribution in [0.3, 0.4) is 0 Å². The number of hydrogen-bond acceptors (Lipinski definition) is 3. The molecule has 0 atom stereocenters. The van der Waals surface area contributed by atoms with Gasteiger partial charge in [0, 0.05) is 11.1 Å². The maximum Gasteiger partial charge on any atom is 0.133 e. The Morgan fingerprint density at radius 3 is 2.09 bits per heavy atom. The predicted molar refractivity (Wildman–Crippen MR) is 87.7 cm³/mol. The maximum absolute atomic E-state index is 6.06. The molecule has 0 N–H and O–H groups in total. The molecule has 0 unspecified atom stereocenters. The Morgan fingerprint density at radius 1 is 0.739 bits per heavy atom. The molecule has 110 valence electrons. The molecule has 0 fully saturated rings. The molecule has 4 aromatic rings. The van der Waals surface area contributed by atoms with E-state index in [0.29, 0.717) is 0 Å². The van der Waals surface area contributed by atoms with Crippen LogP contribution < -0.4 is 4.74 Å². The summed E-state index contributed by atoms with van der Waals surface area (Å²) in [4.78, 5) is 0. The minimum atomic E-state index is -0.0384. The smallest absolute Gasteiger partial charge is 0.133 e. The average molecular weight is 299 g/mol. The number of hydrogen-bond donors (Lipinski definition) is 0. The van der Waals surface area contributed by atoms with Gasteiger partial charge < -0.3 is 4.74 Å². The molecule has 2 heterocycles. The van der Waals surface area contributed by atoms with E-state index in [1.807, 2.05) is 59.3 Å². The van der Waals surface area contributed by atoms with Crippen LogP contribution >= 0.6 is 0 Å². The molecule has 4 heteroatoms. The average Bonchev–Trinajstić information content (AvgIpc) is 3.03. The molecule has 1 aliphatic heterocycles. The summed E-state index contributed by atoms with van der Waals surface area (Å²) in [5, 5.41) is 8.74. The van der Waals surface area contributed by atoms with Crippen molar-refractivity contribution in [3.05, 3.63) is 83.9 Å². The number of rotatable bonds is 1. The van der Waals surface area contributed by atoms with Crippen molar-refractivity contribution in [1.29, 1.82) is 0 Å². The lowest BCUT2D eigenvalue weighted by molar-refractivity contribution is 0.425. The summed E-state index contributed by atoms with van der Waals surface area (Å²) in [5.74, 6) is 1.74. The molecule has 3 aromatic carbocycles. The van der Waals surface area contributed by atoms with Crippen molar-refractivity contribution in [2.45, 2.75) is 6.04 Å². The highest BCUT2D eigenvalue weighted by atomic mass is 16.5. The molecule has 0 spiro atoms. The van der Waals surface area contributed by atoms with Crippen molar-refractivity contribution in [1.82, 2.24) is 15.0 Å². The molecule has 1 aliphatic rings. The van der Waals surface area contributed by atoms with Crippen LogP contribution in [0.2, 0.25) is 0 Å². The minimum absolute atomic E-state index is 0.0384. The lowest BCUT2D eigenvalue weighted by Gasteiger charge is -2.28. The first-order valence-corrected chi connectivity index (χ1v) is 7.57. The van der Waals surface area contributed by atoms with E-state index < -0.39 is 0 Å². The van der Waals surface area contributed by atoms with E-state index >= 15 is 0 Å². The van der Waals surface area contributed by atoms with Gasteiger partial charge in [0.1, 0.15) is 23.1 Å². The van der Waals surface area contributed by atoms with Gasteiger partial charge in [0.05, 0.1) is 5.52 Å². The second-order valence-corrected chi connectivity index (χ2v) is 5.60. The molecule has 0 radical (unpaired) electrons. The number of fused-ring (bicyclic) bond motifs is 3. The summed E-state index contributed by atoms with van der Waals surface area (Å²) in [5.41, 5.74) is 4.11. The van der Waals surface area contributed by atoms with Crippen molar-refractivity contribution >= 4 is 11.0 Å². The molecule has 0 bridgehead atoms. The van der Waals surface area contributed by atoms with Gasteiger partial charge in [0.2, 0.25) is 0 Å². The van der Waals surface area contributed by atoms with E-state index in [9.17, 15) is 0 Å². The highest BCUT2D eigenvalue weighted by molar-refractivity contribution is 5.75. The van der Waals surface area contributed by atoms with Crippen molar-refractivity contribution in [2.75, 3.05) is 0 Å². The van der Waals surface area contributed by atoms with Crippen LogP contribution in [0, 0.1) is 0 Å². The molecule has 5 rings (SSSR count). The van der Waals surface area contributed by atoms with Gasteiger partial charge in [-0.3, -0.25) is 0 Å². The largest absolute Gasteiger partial charge is 0.457 e. The Balaban J connectivity index is 1.82. The first kappa shape index (κ1) is 12.4. The quantitative estimate of drug-likeness (QED) is 0.466.